The van der Waals surface area contributed by atoms with Crippen LogP contribution in [-0.2, 0) is 9.59 Å². The predicted molar refractivity (Wildman–Crippen MR) is 62.6 cm³/mol. The normalized spacial score (nSPS) is 27.8. The lowest BCUT2D eigenvalue weighted by molar-refractivity contribution is -0.146. The molecule has 1 heterocycles. The van der Waals surface area contributed by atoms with Crippen molar-refractivity contribution < 1.29 is 14.7 Å². The van der Waals surface area contributed by atoms with E-state index in [1.807, 2.05) is 4.90 Å². The summed E-state index contributed by atoms with van der Waals surface area (Å²) < 4.78 is 0. The van der Waals surface area contributed by atoms with Gasteiger partial charge in [0.25, 0.3) is 0 Å². The van der Waals surface area contributed by atoms with Crippen LogP contribution < -0.4 is 5.32 Å². The molecule has 1 aliphatic carbocycles. The topological polar surface area (TPSA) is 69.6 Å². The Hall–Kier alpha value is -1.10. The zero-order valence-corrected chi connectivity index (χ0v) is 10.0. The van der Waals surface area contributed by atoms with E-state index in [0.717, 1.165) is 6.54 Å². The molecule has 0 spiro atoms. The summed E-state index contributed by atoms with van der Waals surface area (Å²) in [5.74, 6) is -0.324. The number of carbonyl (C=O) groups is 2. The molecule has 0 aromatic rings. The maximum absolute atomic E-state index is 11.3. The van der Waals surface area contributed by atoms with Crippen LogP contribution in [0, 0.1) is 5.92 Å². The average Bonchev–Trinajstić information content (AvgIpc) is 2.30. The van der Waals surface area contributed by atoms with Crippen molar-refractivity contribution in [3.8, 4) is 0 Å². The Bertz CT molecular complexity index is 300. The van der Waals surface area contributed by atoms with Crippen LogP contribution in [0.25, 0.3) is 0 Å². The van der Waals surface area contributed by atoms with Crippen LogP contribution in [0.15, 0.2) is 0 Å². The van der Waals surface area contributed by atoms with Crippen LogP contribution in [0.5, 0.6) is 0 Å². The van der Waals surface area contributed by atoms with Crippen molar-refractivity contribution in [3.63, 3.8) is 0 Å². The summed E-state index contributed by atoms with van der Waals surface area (Å²) in [6, 6.07) is -0.547. The van der Waals surface area contributed by atoms with Crippen LogP contribution in [0.4, 0.5) is 0 Å². The number of carboxylic acids is 1. The summed E-state index contributed by atoms with van der Waals surface area (Å²) in [6.07, 6.45) is 6.11. The molecule has 1 saturated heterocycles. The van der Waals surface area contributed by atoms with Gasteiger partial charge in [0.05, 0.1) is 6.54 Å². The van der Waals surface area contributed by atoms with Crippen LogP contribution in [-0.4, -0.2) is 47.6 Å². The molecule has 2 N–H and O–H groups in total. The van der Waals surface area contributed by atoms with Gasteiger partial charge in [0.1, 0.15) is 6.04 Å². The first kappa shape index (κ1) is 12.4. The number of hydrogen-bond donors (Lipinski definition) is 2. The highest BCUT2D eigenvalue weighted by Crippen LogP contribution is 2.25. The van der Waals surface area contributed by atoms with Crippen molar-refractivity contribution in [1.29, 1.82) is 0 Å². The molecule has 2 aliphatic rings. The average molecular weight is 240 g/mol. The standard InChI is InChI=1S/C12H20N2O3/c15-11-8-14(10(6-13-11)12(16)17)7-9-4-2-1-3-5-9/h9-10H,1-8H2,(H,13,15)(H,16,17). The maximum atomic E-state index is 11.3. The Morgan fingerprint density at radius 3 is 2.71 bits per heavy atom. The fraction of sp³-hybridized carbons (Fsp3) is 0.833. The minimum absolute atomic E-state index is 0.0571. The van der Waals surface area contributed by atoms with Crippen LogP contribution in [0.2, 0.25) is 0 Å². The van der Waals surface area contributed by atoms with Gasteiger partial charge in [0.15, 0.2) is 0 Å². The molecule has 5 nitrogen and oxygen atoms in total. The Morgan fingerprint density at radius 1 is 1.35 bits per heavy atom. The van der Waals surface area contributed by atoms with Crippen LogP contribution >= 0.6 is 0 Å². The first-order valence-corrected chi connectivity index (χ1v) is 6.40. The minimum Gasteiger partial charge on any atom is -0.480 e. The smallest absolute Gasteiger partial charge is 0.322 e. The second-order valence-corrected chi connectivity index (χ2v) is 5.09. The molecule has 0 aromatic carbocycles. The molecule has 17 heavy (non-hydrogen) atoms. The van der Waals surface area contributed by atoms with Crippen molar-refractivity contribution in [2.45, 2.75) is 38.1 Å². The number of hydrogen-bond acceptors (Lipinski definition) is 3. The summed E-state index contributed by atoms with van der Waals surface area (Å²) in [5, 5.41) is 11.8. The van der Waals surface area contributed by atoms with Crippen molar-refractivity contribution in [2.75, 3.05) is 19.6 Å². The third kappa shape index (κ3) is 3.19. The summed E-state index contributed by atoms with van der Waals surface area (Å²) in [7, 11) is 0. The maximum Gasteiger partial charge on any atom is 0.322 e. The molecule has 2 rings (SSSR count). The Morgan fingerprint density at radius 2 is 2.06 bits per heavy atom. The minimum atomic E-state index is -0.833. The number of nitrogens with one attached hydrogen (secondary N) is 1. The quantitative estimate of drug-likeness (QED) is 0.751. The number of carboxylic acid groups (broad SMARTS) is 1. The largest absolute Gasteiger partial charge is 0.480 e. The molecule has 1 saturated carbocycles. The van der Waals surface area contributed by atoms with Gasteiger partial charge in [-0.1, -0.05) is 19.3 Å². The third-order valence-corrected chi connectivity index (χ3v) is 3.78. The van der Waals surface area contributed by atoms with E-state index in [-0.39, 0.29) is 19.0 Å². The molecule has 0 aromatic heterocycles. The second-order valence-electron chi connectivity index (χ2n) is 5.09. The van der Waals surface area contributed by atoms with Crippen molar-refractivity contribution in [2.24, 2.45) is 5.92 Å². The number of nitrogens with zero attached hydrogens (tertiary/aromatic N) is 1. The molecule has 96 valence electrons. The van der Waals surface area contributed by atoms with Crippen molar-refractivity contribution in [1.82, 2.24) is 10.2 Å². The lowest BCUT2D eigenvalue weighted by atomic mass is 9.88. The molecule has 1 atom stereocenters. The van der Waals surface area contributed by atoms with E-state index in [2.05, 4.69) is 5.32 Å². The molecule has 0 radical (unpaired) electrons. The SMILES string of the molecule is O=C1CN(CC2CCCCC2)C(C(=O)O)CN1. The molecule has 0 bridgehead atoms. The van der Waals surface area contributed by atoms with Crippen molar-refractivity contribution in [3.05, 3.63) is 0 Å². The third-order valence-electron chi connectivity index (χ3n) is 3.78. The summed E-state index contributed by atoms with van der Waals surface area (Å²) in [5.41, 5.74) is 0. The van der Waals surface area contributed by atoms with Crippen LogP contribution in [0.3, 0.4) is 0 Å². The van der Waals surface area contributed by atoms with Crippen molar-refractivity contribution >= 4 is 11.9 Å². The zero-order valence-electron chi connectivity index (χ0n) is 10.0. The van der Waals surface area contributed by atoms with Gasteiger partial charge in [-0.15, -0.1) is 0 Å². The molecule has 2 fully saturated rings. The van der Waals surface area contributed by atoms with Crippen LogP contribution in [0.1, 0.15) is 32.1 Å². The van der Waals surface area contributed by atoms with E-state index in [1.54, 1.807) is 0 Å². The highest BCUT2D eigenvalue weighted by atomic mass is 16.4. The fourth-order valence-electron chi connectivity index (χ4n) is 2.83. The van der Waals surface area contributed by atoms with E-state index in [4.69, 9.17) is 5.11 Å². The first-order chi connectivity index (χ1) is 8.16. The molecule has 5 heteroatoms. The van der Waals surface area contributed by atoms with Gasteiger partial charge < -0.3 is 10.4 Å². The number of carbonyl (C=O) groups excluding carboxylic acids is 1. The van der Waals surface area contributed by atoms with Gasteiger partial charge in [-0.2, -0.15) is 0 Å². The molecular formula is C12H20N2O3. The van der Waals surface area contributed by atoms with Gasteiger partial charge in [0, 0.05) is 13.1 Å². The molecule has 1 aliphatic heterocycles. The first-order valence-electron chi connectivity index (χ1n) is 6.40. The van der Waals surface area contributed by atoms with Gasteiger partial charge in [-0.05, 0) is 18.8 Å². The zero-order chi connectivity index (χ0) is 12.3. The Balaban J connectivity index is 1.94. The highest BCUT2D eigenvalue weighted by molar-refractivity contribution is 5.83. The molecule has 1 amide bonds. The molecule has 1 unspecified atom stereocenters. The van der Waals surface area contributed by atoms with E-state index in [9.17, 15) is 9.59 Å². The monoisotopic (exact) mass is 240 g/mol. The van der Waals surface area contributed by atoms with E-state index >= 15 is 0 Å². The van der Waals surface area contributed by atoms with E-state index in [1.165, 1.54) is 32.1 Å². The van der Waals surface area contributed by atoms with Gasteiger partial charge in [-0.3, -0.25) is 14.5 Å². The van der Waals surface area contributed by atoms with Gasteiger partial charge in [-0.25, -0.2) is 0 Å². The van der Waals surface area contributed by atoms with E-state index in [0.29, 0.717) is 5.92 Å². The van der Waals surface area contributed by atoms with Gasteiger partial charge >= 0.3 is 5.97 Å². The number of aliphatic carboxylic acids is 1. The fourth-order valence-corrected chi connectivity index (χ4v) is 2.83. The summed E-state index contributed by atoms with van der Waals surface area (Å²) in [4.78, 5) is 24.3. The highest BCUT2D eigenvalue weighted by Gasteiger charge is 2.33. The Kier molecular flexibility index (Phi) is 3.99. The predicted octanol–water partition coefficient (Wildman–Crippen LogP) is 0.452. The van der Waals surface area contributed by atoms with E-state index < -0.39 is 12.0 Å². The summed E-state index contributed by atoms with van der Waals surface area (Å²) in [6.45, 7) is 1.22. The molecular weight excluding hydrogens is 220 g/mol. The number of piperazine rings is 1. The Labute approximate surface area is 101 Å². The number of rotatable bonds is 3. The summed E-state index contributed by atoms with van der Waals surface area (Å²) >= 11 is 0. The second kappa shape index (κ2) is 5.49. The number of amides is 1. The van der Waals surface area contributed by atoms with Gasteiger partial charge in [0.2, 0.25) is 5.91 Å². The lowest BCUT2D eigenvalue weighted by Crippen LogP contribution is -2.58. The lowest BCUT2D eigenvalue weighted by Gasteiger charge is -2.36.